The van der Waals surface area contributed by atoms with E-state index in [2.05, 4.69) is 15.9 Å². The summed E-state index contributed by atoms with van der Waals surface area (Å²) in [6.45, 7) is 0. The Hall–Kier alpha value is -1.10. The molecule has 80 valence electrons. The van der Waals surface area contributed by atoms with Crippen LogP contribution in [0.25, 0.3) is 0 Å². The van der Waals surface area contributed by atoms with Gasteiger partial charge in [0.05, 0.1) is 5.69 Å². The molecule has 1 amide bonds. The average Bonchev–Trinajstić information content (AvgIpc) is 2.92. The van der Waals surface area contributed by atoms with Gasteiger partial charge in [-0.15, -0.1) is 0 Å². The monoisotopic (exact) mass is 273 g/mol. The third kappa shape index (κ3) is 2.12. The molecular weight excluding hydrogens is 265 g/mol. The number of carboxylic acid groups (broad SMARTS) is 1. The predicted octanol–water partition coefficient (Wildman–Crippen LogP) is 3.24. The molecule has 0 saturated heterocycles. The summed E-state index contributed by atoms with van der Waals surface area (Å²) in [5, 5.41) is 9.04. The molecule has 0 radical (unpaired) electrons. The van der Waals surface area contributed by atoms with E-state index in [-0.39, 0.29) is 11.9 Å². The number of anilines is 1. The fraction of sp³-hybridized carbons (Fsp3) is 0.300. The quantitative estimate of drug-likeness (QED) is 0.899. The molecule has 0 bridgehead atoms. The molecule has 0 aromatic heterocycles. The van der Waals surface area contributed by atoms with Crippen LogP contribution in [0.15, 0.2) is 22.7 Å². The lowest BCUT2D eigenvalue weighted by atomic mass is 10.3. The number of halogens is 2. The second kappa shape index (κ2) is 3.81. The number of rotatable bonds is 2. The molecule has 1 aliphatic carbocycles. The average molecular weight is 274 g/mol. The van der Waals surface area contributed by atoms with Gasteiger partial charge in [0.1, 0.15) is 5.82 Å². The van der Waals surface area contributed by atoms with Gasteiger partial charge >= 0.3 is 6.09 Å². The predicted molar refractivity (Wildman–Crippen MR) is 57.6 cm³/mol. The summed E-state index contributed by atoms with van der Waals surface area (Å²) in [6.07, 6.45) is 0.747. The van der Waals surface area contributed by atoms with Gasteiger partial charge in [0.25, 0.3) is 0 Å². The highest BCUT2D eigenvalue weighted by atomic mass is 79.9. The fourth-order valence-corrected chi connectivity index (χ4v) is 2.01. The summed E-state index contributed by atoms with van der Waals surface area (Å²) in [7, 11) is 0. The van der Waals surface area contributed by atoms with Crippen LogP contribution >= 0.6 is 15.9 Å². The van der Waals surface area contributed by atoms with Crippen LogP contribution in [0.4, 0.5) is 14.9 Å². The van der Waals surface area contributed by atoms with E-state index in [1.165, 1.54) is 23.1 Å². The first-order valence-corrected chi connectivity index (χ1v) is 5.36. The van der Waals surface area contributed by atoms with E-state index in [0.29, 0.717) is 10.2 Å². The lowest BCUT2D eigenvalue weighted by Crippen LogP contribution is -2.31. The normalized spacial score (nSPS) is 15.1. The zero-order valence-electron chi connectivity index (χ0n) is 7.78. The Morgan fingerprint density at radius 2 is 2.20 bits per heavy atom. The second-order valence-electron chi connectivity index (χ2n) is 3.48. The van der Waals surface area contributed by atoms with Crippen molar-refractivity contribution in [1.82, 2.24) is 0 Å². The SMILES string of the molecule is O=C(O)N(c1ccc(F)cc1Br)C1CC1. The summed E-state index contributed by atoms with van der Waals surface area (Å²) in [4.78, 5) is 12.3. The Labute approximate surface area is 94.6 Å². The van der Waals surface area contributed by atoms with Crippen molar-refractivity contribution in [3.05, 3.63) is 28.5 Å². The Balaban J connectivity index is 2.37. The molecular formula is C10H9BrFNO2. The lowest BCUT2D eigenvalue weighted by Gasteiger charge is -2.19. The van der Waals surface area contributed by atoms with Crippen LogP contribution in [-0.4, -0.2) is 17.2 Å². The van der Waals surface area contributed by atoms with Gasteiger partial charge in [-0.3, -0.25) is 4.90 Å². The van der Waals surface area contributed by atoms with Crippen molar-refractivity contribution < 1.29 is 14.3 Å². The van der Waals surface area contributed by atoms with E-state index >= 15 is 0 Å². The summed E-state index contributed by atoms with van der Waals surface area (Å²) in [6, 6.07) is 4.06. The smallest absolute Gasteiger partial charge is 0.412 e. The summed E-state index contributed by atoms with van der Waals surface area (Å²) in [5.74, 6) is -0.383. The van der Waals surface area contributed by atoms with Gasteiger partial charge < -0.3 is 5.11 Å². The zero-order chi connectivity index (χ0) is 11.0. The van der Waals surface area contributed by atoms with Gasteiger partial charge in [0, 0.05) is 10.5 Å². The number of amides is 1. The van der Waals surface area contributed by atoms with E-state index in [0.717, 1.165) is 12.8 Å². The maximum absolute atomic E-state index is 12.8. The van der Waals surface area contributed by atoms with Crippen LogP contribution in [0.3, 0.4) is 0 Å². The van der Waals surface area contributed by atoms with Gasteiger partial charge in [-0.2, -0.15) is 0 Å². The van der Waals surface area contributed by atoms with Crippen molar-refractivity contribution in [3.63, 3.8) is 0 Å². The molecule has 15 heavy (non-hydrogen) atoms. The maximum Gasteiger partial charge on any atom is 0.412 e. The van der Waals surface area contributed by atoms with Crippen molar-refractivity contribution in [3.8, 4) is 0 Å². The molecule has 1 N–H and O–H groups in total. The molecule has 0 atom stereocenters. The largest absolute Gasteiger partial charge is 0.465 e. The molecule has 1 aromatic carbocycles. The third-order valence-corrected chi connectivity index (χ3v) is 2.92. The molecule has 0 unspecified atom stereocenters. The molecule has 3 nitrogen and oxygen atoms in total. The number of carbonyl (C=O) groups is 1. The Morgan fingerprint density at radius 1 is 1.53 bits per heavy atom. The van der Waals surface area contributed by atoms with Crippen molar-refractivity contribution in [2.24, 2.45) is 0 Å². The number of benzene rings is 1. The summed E-state index contributed by atoms with van der Waals surface area (Å²) < 4.78 is 13.3. The van der Waals surface area contributed by atoms with Crippen molar-refractivity contribution in [2.75, 3.05) is 4.90 Å². The first-order chi connectivity index (χ1) is 7.09. The second-order valence-corrected chi connectivity index (χ2v) is 4.33. The van der Waals surface area contributed by atoms with Crippen LogP contribution in [0.5, 0.6) is 0 Å². The minimum absolute atomic E-state index is 0.0456. The minimum atomic E-state index is -0.996. The van der Waals surface area contributed by atoms with Crippen LogP contribution < -0.4 is 4.90 Å². The number of nitrogens with zero attached hydrogens (tertiary/aromatic N) is 1. The van der Waals surface area contributed by atoms with Crippen LogP contribution in [0.1, 0.15) is 12.8 Å². The Kier molecular flexibility index (Phi) is 2.65. The highest BCUT2D eigenvalue weighted by molar-refractivity contribution is 9.10. The van der Waals surface area contributed by atoms with Crippen molar-refractivity contribution in [2.45, 2.75) is 18.9 Å². The van der Waals surface area contributed by atoms with Crippen molar-refractivity contribution >= 4 is 27.7 Å². The number of hydrogen-bond donors (Lipinski definition) is 1. The van der Waals surface area contributed by atoms with Gasteiger partial charge in [0.2, 0.25) is 0 Å². The fourth-order valence-electron chi connectivity index (χ4n) is 1.47. The van der Waals surface area contributed by atoms with Gasteiger partial charge in [-0.1, -0.05) is 0 Å². The van der Waals surface area contributed by atoms with E-state index in [1.807, 2.05) is 0 Å². The zero-order valence-corrected chi connectivity index (χ0v) is 9.37. The van der Waals surface area contributed by atoms with Crippen LogP contribution in [0.2, 0.25) is 0 Å². The molecule has 2 rings (SSSR count). The topological polar surface area (TPSA) is 40.5 Å². The van der Waals surface area contributed by atoms with Gasteiger partial charge in [0.15, 0.2) is 0 Å². The van der Waals surface area contributed by atoms with Crippen molar-refractivity contribution in [1.29, 1.82) is 0 Å². The van der Waals surface area contributed by atoms with E-state index in [1.54, 1.807) is 0 Å². The summed E-state index contributed by atoms with van der Waals surface area (Å²) >= 11 is 3.17. The molecule has 5 heteroatoms. The molecule has 1 fully saturated rings. The molecule has 1 aliphatic rings. The molecule has 0 aliphatic heterocycles. The first-order valence-electron chi connectivity index (χ1n) is 4.57. The van der Waals surface area contributed by atoms with Gasteiger partial charge in [-0.25, -0.2) is 9.18 Å². The minimum Gasteiger partial charge on any atom is -0.465 e. The maximum atomic E-state index is 12.8. The van der Waals surface area contributed by atoms with Crippen LogP contribution in [-0.2, 0) is 0 Å². The van der Waals surface area contributed by atoms with E-state index in [9.17, 15) is 9.18 Å². The van der Waals surface area contributed by atoms with E-state index in [4.69, 9.17) is 5.11 Å². The third-order valence-electron chi connectivity index (χ3n) is 2.29. The molecule has 0 spiro atoms. The van der Waals surface area contributed by atoms with E-state index < -0.39 is 6.09 Å². The number of hydrogen-bond acceptors (Lipinski definition) is 1. The highest BCUT2D eigenvalue weighted by Crippen LogP contribution is 2.36. The molecule has 1 saturated carbocycles. The Bertz CT molecular complexity index is 406. The lowest BCUT2D eigenvalue weighted by molar-refractivity contribution is 0.201. The molecule has 1 aromatic rings. The van der Waals surface area contributed by atoms with Crippen LogP contribution in [0, 0.1) is 5.82 Å². The summed E-state index contributed by atoms with van der Waals surface area (Å²) in [5.41, 5.74) is 0.506. The standard InChI is InChI=1S/C10H9BrFNO2/c11-8-5-6(12)1-4-9(8)13(10(14)15)7-2-3-7/h1,4-5,7H,2-3H2,(H,14,15). The molecule has 0 heterocycles. The Morgan fingerprint density at radius 3 is 2.67 bits per heavy atom. The highest BCUT2D eigenvalue weighted by Gasteiger charge is 2.34. The van der Waals surface area contributed by atoms with Gasteiger partial charge in [-0.05, 0) is 47.0 Å². The first kappa shape index (κ1) is 10.4.